The molecule has 0 radical (unpaired) electrons. The van der Waals surface area contributed by atoms with E-state index in [0.29, 0.717) is 5.41 Å². The van der Waals surface area contributed by atoms with E-state index in [4.69, 9.17) is 0 Å². The SMILES string of the molecule is Cc1n[nH]c(C)c1CCCN[C@@H]1CCCC(C)(C)C1. The van der Waals surface area contributed by atoms with Crippen molar-refractivity contribution in [3.8, 4) is 0 Å². The largest absolute Gasteiger partial charge is 0.314 e. The summed E-state index contributed by atoms with van der Waals surface area (Å²) in [7, 11) is 0. The van der Waals surface area contributed by atoms with E-state index in [0.717, 1.165) is 24.7 Å². The Morgan fingerprint density at radius 1 is 1.37 bits per heavy atom. The van der Waals surface area contributed by atoms with Crippen molar-refractivity contribution < 1.29 is 0 Å². The number of hydrogen-bond acceptors (Lipinski definition) is 2. The number of nitrogens with one attached hydrogen (secondary N) is 2. The molecule has 108 valence electrons. The predicted octanol–water partition coefficient (Wildman–Crippen LogP) is 3.52. The summed E-state index contributed by atoms with van der Waals surface area (Å²) < 4.78 is 0. The molecule has 1 heterocycles. The van der Waals surface area contributed by atoms with Crippen molar-refractivity contribution in [2.75, 3.05) is 6.54 Å². The normalized spacial score (nSPS) is 22.6. The van der Waals surface area contributed by atoms with Crippen molar-refractivity contribution in [2.45, 2.75) is 72.3 Å². The maximum Gasteiger partial charge on any atom is 0.0625 e. The maximum atomic E-state index is 4.26. The van der Waals surface area contributed by atoms with Gasteiger partial charge in [0.05, 0.1) is 5.69 Å². The first-order valence-corrected chi connectivity index (χ1v) is 7.72. The quantitative estimate of drug-likeness (QED) is 0.798. The van der Waals surface area contributed by atoms with Crippen LogP contribution < -0.4 is 5.32 Å². The third-order valence-corrected chi connectivity index (χ3v) is 4.52. The minimum Gasteiger partial charge on any atom is -0.314 e. The van der Waals surface area contributed by atoms with E-state index in [1.807, 2.05) is 0 Å². The molecule has 0 aliphatic heterocycles. The molecule has 1 aliphatic carbocycles. The van der Waals surface area contributed by atoms with Gasteiger partial charge in [0.2, 0.25) is 0 Å². The summed E-state index contributed by atoms with van der Waals surface area (Å²) in [5.41, 5.74) is 4.34. The fourth-order valence-corrected chi connectivity index (χ4v) is 3.39. The van der Waals surface area contributed by atoms with Gasteiger partial charge < -0.3 is 5.32 Å². The molecule has 3 heteroatoms. The second-order valence-electron chi connectivity index (χ2n) is 6.93. The molecule has 1 aromatic heterocycles. The van der Waals surface area contributed by atoms with E-state index in [2.05, 4.69) is 43.2 Å². The van der Waals surface area contributed by atoms with Crippen LogP contribution in [0.15, 0.2) is 0 Å². The molecular weight excluding hydrogens is 234 g/mol. The molecule has 0 amide bonds. The van der Waals surface area contributed by atoms with Gasteiger partial charge >= 0.3 is 0 Å². The smallest absolute Gasteiger partial charge is 0.0625 e. The first-order chi connectivity index (χ1) is 8.98. The van der Waals surface area contributed by atoms with Crippen LogP contribution in [0.5, 0.6) is 0 Å². The minimum absolute atomic E-state index is 0.535. The van der Waals surface area contributed by atoms with Crippen LogP contribution in [0.4, 0.5) is 0 Å². The lowest BCUT2D eigenvalue weighted by Crippen LogP contribution is -2.37. The van der Waals surface area contributed by atoms with E-state index in [9.17, 15) is 0 Å². The summed E-state index contributed by atoms with van der Waals surface area (Å²) in [6, 6.07) is 0.732. The minimum atomic E-state index is 0.535. The number of nitrogens with zero attached hydrogens (tertiary/aromatic N) is 1. The molecule has 1 fully saturated rings. The average Bonchev–Trinajstić information content (AvgIpc) is 2.64. The van der Waals surface area contributed by atoms with Crippen molar-refractivity contribution in [1.82, 2.24) is 15.5 Å². The maximum absolute atomic E-state index is 4.26. The fourth-order valence-electron chi connectivity index (χ4n) is 3.39. The van der Waals surface area contributed by atoms with Crippen molar-refractivity contribution in [1.29, 1.82) is 0 Å². The Balaban J connectivity index is 1.70. The Bertz CT molecular complexity index is 387. The van der Waals surface area contributed by atoms with Gasteiger partial charge in [0, 0.05) is 11.7 Å². The lowest BCUT2D eigenvalue weighted by atomic mass is 9.75. The third kappa shape index (κ3) is 4.07. The highest BCUT2D eigenvalue weighted by Crippen LogP contribution is 2.35. The number of rotatable bonds is 5. The molecule has 0 aromatic carbocycles. The lowest BCUT2D eigenvalue weighted by Gasteiger charge is -2.35. The third-order valence-electron chi connectivity index (χ3n) is 4.52. The van der Waals surface area contributed by atoms with Crippen molar-refractivity contribution >= 4 is 0 Å². The monoisotopic (exact) mass is 263 g/mol. The van der Waals surface area contributed by atoms with E-state index in [1.165, 1.54) is 43.4 Å². The van der Waals surface area contributed by atoms with E-state index in [-0.39, 0.29) is 0 Å². The summed E-state index contributed by atoms with van der Waals surface area (Å²) in [6.45, 7) is 10.1. The van der Waals surface area contributed by atoms with Gasteiger partial charge in [-0.3, -0.25) is 5.10 Å². The Morgan fingerprint density at radius 3 is 2.79 bits per heavy atom. The fraction of sp³-hybridized carbons (Fsp3) is 0.812. The van der Waals surface area contributed by atoms with Crippen molar-refractivity contribution in [3.63, 3.8) is 0 Å². The van der Waals surface area contributed by atoms with E-state index < -0.39 is 0 Å². The van der Waals surface area contributed by atoms with Gasteiger partial charge in [-0.2, -0.15) is 5.10 Å². The van der Waals surface area contributed by atoms with Gasteiger partial charge in [0.15, 0.2) is 0 Å². The van der Waals surface area contributed by atoms with E-state index in [1.54, 1.807) is 0 Å². The number of aromatic nitrogens is 2. The molecule has 1 aromatic rings. The zero-order valence-electron chi connectivity index (χ0n) is 13.0. The van der Waals surface area contributed by atoms with Crippen LogP contribution in [0.1, 0.15) is 62.9 Å². The van der Waals surface area contributed by atoms with Crippen LogP contribution in [0.3, 0.4) is 0 Å². The molecule has 0 unspecified atom stereocenters. The van der Waals surface area contributed by atoms with Crippen molar-refractivity contribution in [3.05, 3.63) is 17.0 Å². The van der Waals surface area contributed by atoms with Gasteiger partial charge in [-0.15, -0.1) is 0 Å². The van der Waals surface area contributed by atoms with E-state index >= 15 is 0 Å². The zero-order valence-corrected chi connectivity index (χ0v) is 13.0. The van der Waals surface area contributed by atoms with Gasteiger partial charge in [0.25, 0.3) is 0 Å². The summed E-state index contributed by atoms with van der Waals surface area (Å²) >= 11 is 0. The number of hydrogen-bond donors (Lipinski definition) is 2. The number of H-pyrrole nitrogens is 1. The highest BCUT2D eigenvalue weighted by atomic mass is 15.1. The molecule has 2 N–H and O–H groups in total. The highest BCUT2D eigenvalue weighted by Gasteiger charge is 2.27. The standard InChI is InChI=1S/C16H29N3/c1-12-15(13(2)19-18-12)8-6-10-17-14-7-5-9-16(3,4)11-14/h14,17H,5-11H2,1-4H3,(H,18,19)/t14-/m1/s1. The van der Waals surface area contributed by atoms with Gasteiger partial charge in [-0.05, 0) is 63.5 Å². The number of aromatic amines is 1. The topological polar surface area (TPSA) is 40.7 Å². The molecule has 1 atom stereocenters. The summed E-state index contributed by atoms with van der Waals surface area (Å²) in [5, 5.41) is 11.1. The predicted molar refractivity (Wildman–Crippen MR) is 80.4 cm³/mol. The Kier molecular flexibility index (Phi) is 4.67. The van der Waals surface area contributed by atoms with Gasteiger partial charge in [0.1, 0.15) is 0 Å². The first-order valence-electron chi connectivity index (χ1n) is 7.72. The summed E-state index contributed by atoms with van der Waals surface area (Å²) in [6.07, 6.45) is 7.79. The summed E-state index contributed by atoms with van der Waals surface area (Å²) in [5.74, 6) is 0. The number of aryl methyl sites for hydroxylation is 2. The van der Waals surface area contributed by atoms with Gasteiger partial charge in [-0.25, -0.2) is 0 Å². The molecule has 1 aliphatic rings. The molecule has 2 rings (SSSR count). The van der Waals surface area contributed by atoms with Crippen LogP contribution in [0, 0.1) is 19.3 Å². The van der Waals surface area contributed by atoms with Gasteiger partial charge in [-0.1, -0.05) is 20.3 Å². The van der Waals surface area contributed by atoms with Crippen LogP contribution in [0.25, 0.3) is 0 Å². The second kappa shape index (κ2) is 6.08. The van der Waals surface area contributed by atoms with Crippen LogP contribution in [-0.2, 0) is 6.42 Å². The lowest BCUT2D eigenvalue weighted by molar-refractivity contribution is 0.198. The summed E-state index contributed by atoms with van der Waals surface area (Å²) in [4.78, 5) is 0. The zero-order chi connectivity index (χ0) is 13.9. The van der Waals surface area contributed by atoms with Crippen LogP contribution in [-0.4, -0.2) is 22.8 Å². The molecule has 1 saturated carbocycles. The van der Waals surface area contributed by atoms with Crippen molar-refractivity contribution in [2.24, 2.45) is 5.41 Å². The molecule has 0 bridgehead atoms. The Labute approximate surface area is 117 Å². The highest BCUT2D eigenvalue weighted by molar-refractivity contribution is 5.23. The molecule has 0 spiro atoms. The van der Waals surface area contributed by atoms with Crippen LogP contribution in [0.2, 0.25) is 0 Å². The second-order valence-corrected chi connectivity index (χ2v) is 6.93. The first kappa shape index (κ1) is 14.6. The molecule has 0 saturated heterocycles. The molecular formula is C16H29N3. The Morgan fingerprint density at radius 2 is 2.16 bits per heavy atom. The Hall–Kier alpha value is -0.830. The molecule has 3 nitrogen and oxygen atoms in total. The van der Waals surface area contributed by atoms with Crippen LogP contribution >= 0.6 is 0 Å². The average molecular weight is 263 g/mol. The molecule has 19 heavy (non-hydrogen) atoms.